The van der Waals surface area contributed by atoms with E-state index in [0.717, 1.165) is 0 Å². The third-order valence-corrected chi connectivity index (χ3v) is 3.45. The third kappa shape index (κ3) is 3.34. The van der Waals surface area contributed by atoms with Crippen LogP contribution < -0.4 is 4.90 Å². The predicted molar refractivity (Wildman–Crippen MR) is 81.3 cm³/mol. The molecular weight excluding hydrogens is 293 g/mol. The quantitative estimate of drug-likeness (QED) is 0.802. The van der Waals surface area contributed by atoms with E-state index in [1.54, 1.807) is 42.3 Å². The van der Waals surface area contributed by atoms with Crippen LogP contribution in [0.1, 0.15) is 15.9 Å². The number of nitrogens with zero attached hydrogens (tertiary/aromatic N) is 1. The predicted octanol–water partition coefficient (Wildman–Crippen LogP) is 3.90. The highest BCUT2D eigenvalue weighted by molar-refractivity contribution is 6.30. The highest BCUT2D eigenvalue weighted by Crippen LogP contribution is 2.24. The van der Waals surface area contributed by atoms with Crippen molar-refractivity contribution in [2.75, 3.05) is 19.1 Å². The van der Waals surface area contributed by atoms with Gasteiger partial charge in [0.15, 0.2) is 0 Å². The molecule has 0 aromatic heterocycles. The summed E-state index contributed by atoms with van der Waals surface area (Å²) < 4.78 is 18.7. The van der Waals surface area contributed by atoms with Crippen LogP contribution >= 0.6 is 11.6 Å². The fourth-order valence-corrected chi connectivity index (χ4v) is 2.29. The van der Waals surface area contributed by atoms with Gasteiger partial charge in [-0.2, -0.15) is 0 Å². The van der Waals surface area contributed by atoms with Gasteiger partial charge >= 0.3 is 5.97 Å². The minimum absolute atomic E-state index is 0.0853. The molecule has 0 bridgehead atoms. The van der Waals surface area contributed by atoms with E-state index in [1.807, 2.05) is 6.07 Å². The summed E-state index contributed by atoms with van der Waals surface area (Å²) in [6, 6.07) is 11.9. The summed E-state index contributed by atoms with van der Waals surface area (Å²) in [5, 5.41) is 0.0853. The molecule has 0 aliphatic carbocycles. The number of rotatable bonds is 4. The molecule has 0 fully saturated rings. The molecule has 0 aliphatic heterocycles. The molecule has 5 heteroatoms. The number of halogens is 2. The van der Waals surface area contributed by atoms with E-state index in [4.69, 9.17) is 16.3 Å². The second-order valence-corrected chi connectivity index (χ2v) is 4.98. The van der Waals surface area contributed by atoms with Gasteiger partial charge in [-0.15, -0.1) is 0 Å². The Bertz CT molecular complexity index is 660. The molecule has 2 aromatic carbocycles. The van der Waals surface area contributed by atoms with Gasteiger partial charge in [-0.3, -0.25) is 0 Å². The van der Waals surface area contributed by atoms with E-state index in [-0.39, 0.29) is 5.02 Å². The highest BCUT2D eigenvalue weighted by Gasteiger charge is 2.16. The first kappa shape index (κ1) is 15.3. The lowest BCUT2D eigenvalue weighted by Gasteiger charge is -2.22. The summed E-state index contributed by atoms with van der Waals surface area (Å²) in [5.41, 5.74) is 1.57. The van der Waals surface area contributed by atoms with Gasteiger partial charge in [-0.1, -0.05) is 35.9 Å². The number of hydrogen-bond donors (Lipinski definition) is 0. The summed E-state index contributed by atoms with van der Waals surface area (Å²) in [4.78, 5) is 13.5. The van der Waals surface area contributed by atoms with Crippen LogP contribution in [-0.2, 0) is 11.3 Å². The van der Waals surface area contributed by atoms with Crippen molar-refractivity contribution >= 4 is 23.3 Å². The molecular formula is C16H15ClFNO2. The minimum atomic E-state index is -0.443. The van der Waals surface area contributed by atoms with Gasteiger partial charge in [-0.25, -0.2) is 9.18 Å². The van der Waals surface area contributed by atoms with Crippen LogP contribution in [0.5, 0.6) is 0 Å². The average molecular weight is 308 g/mol. The summed E-state index contributed by atoms with van der Waals surface area (Å²) >= 11 is 5.78. The molecule has 0 radical (unpaired) electrons. The maximum Gasteiger partial charge on any atom is 0.339 e. The Morgan fingerprint density at radius 2 is 1.95 bits per heavy atom. The lowest BCUT2D eigenvalue weighted by molar-refractivity contribution is 0.0601. The Balaban J connectivity index is 2.31. The molecule has 0 unspecified atom stereocenters. The van der Waals surface area contributed by atoms with Crippen LogP contribution in [0.2, 0.25) is 5.02 Å². The molecule has 0 spiro atoms. The van der Waals surface area contributed by atoms with Crippen LogP contribution in [0.25, 0.3) is 0 Å². The molecule has 0 heterocycles. The van der Waals surface area contributed by atoms with Crippen molar-refractivity contribution in [3.05, 3.63) is 64.4 Å². The largest absolute Gasteiger partial charge is 0.465 e. The van der Waals surface area contributed by atoms with Gasteiger partial charge in [-0.05, 0) is 18.2 Å². The molecule has 0 saturated carbocycles. The zero-order valence-electron chi connectivity index (χ0n) is 11.8. The van der Waals surface area contributed by atoms with Crippen molar-refractivity contribution in [3.63, 3.8) is 0 Å². The van der Waals surface area contributed by atoms with Crippen molar-refractivity contribution in [2.45, 2.75) is 6.54 Å². The van der Waals surface area contributed by atoms with E-state index in [9.17, 15) is 9.18 Å². The van der Waals surface area contributed by atoms with E-state index in [1.165, 1.54) is 13.2 Å². The number of methoxy groups -OCH3 is 1. The number of benzene rings is 2. The van der Waals surface area contributed by atoms with Crippen molar-refractivity contribution in [1.29, 1.82) is 0 Å². The van der Waals surface area contributed by atoms with Gasteiger partial charge in [0.05, 0.1) is 23.4 Å². The van der Waals surface area contributed by atoms with E-state index in [0.29, 0.717) is 23.4 Å². The topological polar surface area (TPSA) is 29.5 Å². The summed E-state index contributed by atoms with van der Waals surface area (Å²) in [6.45, 7) is 0.292. The maximum absolute atomic E-state index is 14.0. The number of esters is 1. The third-order valence-electron chi connectivity index (χ3n) is 3.16. The molecule has 110 valence electrons. The van der Waals surface area contributed by atoms with Crippen LogP contribution in [0.3, 0.4) is 0 Å². The first-order valence-corrected chi connectivity index (χ1v) is 6.73. The van der Waals surface area contributed by atoms with Crippen LogP contribution in [0, 0.1) is 5.82 Å². The maximum atomic E-state index is 14.0. The Labute approximate surface area is 127 Å². The van der Waals surface area contributed by atoms with Gasteiger partial charge in [0.1, 0.15) is 5.82 Å². The second-order valence-electron chi connectivity index (χ2n) is 4.58. The smallest absolute Gasteiger partial charge is 0.339 e. The van der Waals surface area contributed by atoms with E-state index < -0.39 is 11.8 Å². The van der Waals surface area contributed by atoms with Gasteiger partial charge in [0.2, 0.25) is 0 Å². The monoisotopic (exact) mass is 307 g/mol. The summed E-state index contributed by atoms with van der Waals surface area (Å²) in [5.74, 6) is -0.870. The molecule has 21 heavy (non-hydrogen) atoms. The van der Waals surface area contributed by atoms with Crippen LogP contribution in [0.4, 0.5) is 10.1 Å². The molecule has 0 atom stereocenters. The molecule has 0 aliphatic rings. The van der Waals surface area contributed by atoms with Gasteiger partial charge < -0.3 is 9.64 Å². The summed E-state index contributed by atoms with van der Waals surface area (Å²) in [6.07, 6.45) is 0. The standard InChI is InChI=1S/C16H15ClFNO2/c1-19(10-11-6-5-8-13(17)15(11)18)14-9-4-3-7-12(14)16(20)21-2/h3-9H,10H2,1-2H3. The van der Waals surface area contributed by atoms with Crippen molar-refractivity contribution < 1.29 is 13.9 Å². The number of carbonyl (C=O) groups is 1. The minimum Gasteiger partial charge on any atom is -0.465 e. The van der Waals surface area contributed by atoms with E-state index >= 15 is 0 Å². The molecule has 0 amide bonds. The Kier molecular flexibility index (Phi) is 4.81. The lowest BCUT2D eigenvalue weighted by atomic mass is 10.1. The molecule has 0 N–H and O–H groups in total. The molecule has 0 saturated heterocycles. The summed E-state index contributed by atoms with van der Waals surface area (Å²) in [7, 11) is 3.11. The second kappa shape index (κ2) is 6.59. The number of anilines is 1. The normalized spacial score (nSPS) is 10.3. The fraction of sp³-hybridized carbons (Fsp3) is 0.188. The fourth-order valence-electron chi connectivity index (χ4n) is 2.10. The van der Waals surface area contributed by atoms with Crippen molar-refractivity contribution in [3.8, 4) is 0 Å². The highest BCUT2D eigenvalue weighted by atomic mass is 35.5. The zero-order chi connectivity index (χ0) is 15.4. The van der Waals surface area contributed by atoms with Crippen LogP contribution in [-0.4, -0.2) is 20.1 Å². The molecule has 2 rings (SSSR count). The van der Waals surface area contributed by atoms with Gasteiger partial charge in [0.25, 0.3) is 0 Å². The molecule has 3 nitrogen and oxygen atoms in total. The SMILES string of the molecule is COC(=O)c1ccccc1N(C)Cc1cccc(Cl)c1F. The molecule has 2 aromatic rings. The average Bonchev–Trinajstić information content (AvgIpc) is 2.51. The lowest BCUT2D eigenvalue weighted by Crippen LogP contribution is -2.20. The number of hydrogen-bond acceptors (Lipinski definition) is 3. The van der Waals surface area contributed by atoms with Crippen molar-refractivity contribution in [2.24, 2.45) is 0 Å². The van der Waals surface area contributed by atoms with Gasteiger partial charge in [0, 0.05) is 19.2 Å². The first-order valence-electron chi connectivity index (χ1n) is 6.36. The Morgan fingerprint density at radius 1 is 1.24 bits per heavy atom. The first-order chi connectivity index (χ1) is 10.0. The van der Waals surface area contributed by atoms with E-state index in [2.05, 4.69) is 0 Å². The zero-order valence-corrected chi connectivity index (χ0v) is 12.5. The number of carbonyl (C=O) groups excluding carboxylic acids is 1. The number of ether oxygens (including phenoxy) is 1. The van der Waals surface area contributed by atoms with Crippen LogP contribution in [0.15, 0.2) is 42.5 Å². The number of para-hydroxylation sites is 1. The Hall–Kier alpha value is -2.07. The Morgan fingerprint density at radius 3 is 2.67 bits per heavy atom. The van der Waals surface area contributed by atoms with Crippen molar-refractivity contribution in [1.82, 2.24) is 0 Å².